The van der Waals surface area contributed by atoms with E-state index in [2.05, 4.69) is 21.4 Å². The summed E-state index contributed by atoms with van der Waals surface area (Å²) in [5, 5.41) is 97.6. The lowest BCUT2D eigenvalue weighted by Gasteiger charge is -2.38. The van der Waals surface area contributed by atoms with Crippen LogP contribution in [0, 0.1) is 0 Å². The predicted octanol–water partition coefficient (Wildman–Crippen LogP) is -1.73. The van der Waals surface area contributed by atoms with Gasteiger partial charge >= 0.3 is 59.8 Å². The molecule has 0 bridgehead atoms. The van der Waals surface area contributed by atoms with E-state index in [1.807, 2.05) is 5.32 Å². The van der Waals surface area contributed by atoms with E-state index in [9.17, 15) is 108 Å². The molecule has 90 heavy (non-hydrogen) atoms. The number of rotatable bonds is 36. The van der Waals surface area contributed by atoms with Gasteiger partial charge in [-0.3, -0.25) is 73.0 Å². The van der Waals surface area contributed by atoms with Gasteiger partial charge in [0.05, 0.1) is 13.1 Å². The minimum atomic E-state index is -2.35. The van der Waals surface area contributed by atoms with E-state index in [-0.39, 0.29) is 102 Å². The summed E-state index contributed by atoms with van der Waals surface area (Å²) >= 11 is 0. The Balaban J connectivity index is 1.71. The van der Waals surface area contributed by atoms with Crippen molar-refractivity contribution in [2.75, 3.05) is 78.6 Å². The minimum absolute atomic E-state index is 0.0102. The van der Waals surface area contributed by atoms with Crippen LogP contribution in [0.15, 0.2) is 54.6 Å². The van der Waals surface area contributed by atoms with Crippen molar-refractivity contribution in [3.05, 3.63) is 65.7 Å². The first-order valence-electron chi connectivity index (χ1n) is 28.4. The highest BCUT2D eigenvalue weighted by Gasteiger charge is 2.45. The fraction of sp³-hybridized carbons (Fsp3) is 0.536. The van der Waals surface area contributed by atoms with Gasteiger partial charge in [0, 0.05) is 91.5 Å². The molecule has 2 unspecified atom stereocenters. The van der Waals surface area contributed by atoms with Gasteiger partial charge in [-0.2, -0.15) is 0 Å². The van der Waals surface area contributed by atoms with E-state index in [1.54, 1.807) is 30.3 Å². The zero-order valence-electron chi connectivity index (χ0n) is 49.5. The average Bonchev–Trinajstić information content (AvgIpc) is 0.900. The van der Waals surface area contributed by atoms with Crippen LogP contribution in [0.1, 0.15) is 82.8 Å². The SMILES string of the molecule is CC(=O)N(NC(=O)CCC(C(=O)O)N1CCN(CC(=O)O)CCN(C(CCC(=O)O)C(=O)O)CCN(CC(=O)O)CC1)[C@](C)(C(=O)O)c1ccc(OCC(=O)N[C@@H](Cc2ccccc2)C(=O)NCCCC[C@H](NC(=O)N[C@@H](CCC(=O)O)C(=O)O)C(=O)O)cc1. The highest BCUT2D eigenvalue weighted by Crippen LogP contribution is 2.30. The molecule has 34 nitrogen and oxygen atoms in total. The highest BCUT2D eigenvalue weighted by molar-refractivity contribution is 5.90. The number of ether oxygens (including phenoxy) is 1. The normalized spacial score (nSPS) is 16.0. The highest BCUT2D eigenvalue weighted by atomic mass is 16.5. The van der Waals surface area contributed by atoms with Gasteiger partial charge in [0.1, 0.15) is 36.0 Å². The van der Waals surface area contributed by atoms with Crippen LogP contribution in [0.3, 0.4) is 0 Å². The average molecular weight is 1280 g/mol. The second kappa shape index (κ2) is 37.3. The summed E-state index contributed by atoms with van der Waals surface area (Å²) in [5.74, 6) is -15.9. The third kappa shape index (κ3) is 26.0. The van der Waals surface area contributed by atoms with Crippen LogP contribution in [0.5, 0.6) is 5.75 Å². The van der Waals surface area contributed by atoms with Crippen molar-refractivity contribution < 1.29 is 118 Å². The summed E-state index contributed by atoms with van der Waals surface area (Å²) in [6.45, 7) is -0.721. The Bertz CT molecular complexity index is 2820. The number of carboxylic acid groups (broad SMARTS) is 9. The second-order valence-corrected chi connectivity index (χ2v) is 21.1. The number of carboxylic acids is 9. The molecule has 1 aliphatic heterocycles. The summed E-state index contributed by atoms with van der Waals surface area (Å²) < 4.78 is 5.66. The Morgan fingerprint density at radius 2 is 1.01 bits per heavy atom. The number of unbranched alkanes of at least 4 members (excludes halogenated alkanes) is 1. The Hall–Kier alpha value is -9.54. The van der Waals surface area contributed by atoms with Crippen molar-refractivity contribution >= 4 is 83.4 Å². The number of nitrogens with one attached hydrogen (secondary N) is 5. The summed E-state index contributed by atoms with van der Waals surface area (Å²) in [6.07, 6.45) is -2.76. The molecule has 14 N–H and O–H groups in total. The van der Waals surface area contributed by atoms with Gasteiger partial charge < -0.3 is 72.0 Å². The summed E-state index contributed by atoms with van der Waals surface area (Å²) in [5.41, 5.74) is 0.488. The van der Waals surface area contributed by atoms with E-state index in [0.717, 1.165) is 13.8 Å². The second-order valence-electron chi connectivity index (χ2n) is 21.1. The van der Waals surface area contributed by atoms with Crippen molar-refractivity contribution in [1.82, 2.24) is 51.3 Å². The number of aliphatic carboxylic acids is 9. The predicted molar refractivity (Wildman–Crippen MR) is 308 cm³/mol. The molecule has 1 heterocycles. The molecule has 0 spiro atoms. The molecule has 0 saturated carbocycles. The molecule has 0 aliphatic carbocycles. The van der Waals surface area contributed by atoms with Crippen molar-refractivity contribution in [3.8, 4) is 5.75 Å². The molecule has 2 aromatic rings. The number of hydrogen-bond donors (Lipinski definition) is 14. The molecule has 3 rings (SSSR count). The Morgan fingerprint density at radius 1 is 0.533 bits per heavy atom. The fourth-order valence-corrected chi connectivity index (χ4v) is 9.60. The lowest BCUT2D eigenvalue weighted by molar-refractivity contribution is -0.164. The Morgan fingerprint density at radius 3 is 1.46 bits per heavy atom. The molecular weight excluding hydrogens is 1200 g/mol. The van der Waals surface area contributed by atoms with Crippen molar-refractivity contribution in [2.24, 2.45) is 0 Å². The van der Waals surface area contributed by atoms with Gasteiger partial charge in [0.15, 0.2) is 12.1 Å². The van der Waals surface area contributed by atoms with Crippen LogP contribution in [0.2, 0.25) is 0 Å². The van der Waals surface area contributed by atoms with E-state index in [4.69, 9.17) is 9.84 Å². The molecule has 34 heteroatoms. The zero-order chi connectivity index (χ0) is 67.3. The molecule has 1 fully saturated rings. The van der Waals surface area contributed by atoms with Gasteiger partial charge in [-0.25, -0.2) is 24.2 Å². The lowest BCUT2D eigenvalue weighted by atomic mass is 9.91. The standard InChI is InChI=1S/C56H78N10O24/c1-34(67)66(61-43(68)18-16-41(52(83)84)64-26-22-62(31-47(74)75)24-28-65(42(53(85)86)17-20-46(72)73)29-25-63(23-27-64)32-48(76)77)56(2,54(87)88)36-11-13-37(14-12-36)90-33-44(69)58-40(30-35-8-4-3-5-9-35)49(78)57-21-7-6-10-38(50(79)80)59-55(89)60-39(51(81)82)15-19-45(70)71/h3-5,8-9,11-14,38-42H,6-7,10,15-33H2,1-2H3,(H,57,78)(H,58,69)(H,61,68)(H,70,71)(H,72,73)(H,74,75)(H,76,77)(H,79,80)(H,81,82)(H,83,84)(H,85,86)(H,87,88)(H2,59,60,89)/t38-,39-,40-,41?,42?,56-/m0/s1. The monoisotopic (exact) mass is 1270 g/mol. The van der Waals surface area contributed by atoms with Gasteiger partial charge in [0.25, 0.3) is 5.91 Å². The Kier molecular flexibility index (Phi) is 31.0. The smallest absolute Gasteiger partial charge is 0.336 e. The number of hydrazine groups is 1. The zero-order valence-corrected chi connectivity index (χ0v) is 49.5. The molecule has 1 aliphatic rings. The van der Waals surface area contributed by atoms with Crippen LogP contribution < -0.4 is 31.4 Å². The number of nitrogens with zero attached hydrogens (tertiary/aromatic N) is 5. The molecule has 496 valence electrons. The van der Waals surface area contributed by atoms with E-state index >= 15 is 0 Å². The topological polar surface area (TPSA) is 507 Å². The first-order chi connectivity index (χ1) is 42.4. The number of urea groups is 1. The van der Waals surface area contributed by atoms with E-state index < -0.39 is 171 Å². The molecule has 6 amide bonds. The molecule has 2 aromatic carbocycles. The van der Waals surface area contributed by atoms with Crippen LogP contribution >= 0.6 is 0 Å². The maximum atomic E-state index is 13.7. The number of hydrogen-bond acceptors (Lipinski definition) is 19. The van der Waals surface area contributed by atoms with Gasteiger partial charge in [0.2, 0.25) is 17.7 Å². The van der Waals surface area contributed by atoms with Crippen molar-refractivity contribution in [2.45, 2.75) is 114 Å². The maximum absolute atomic E-state index is 13.7. The molecule has 0 radical (unpaired) electrons. The van der Waals surface area contributed by atoms with Crippen LogP contribution in [-0.4, -0.2) is 263 Å². The number of carbonyl (C=O) groups is 14. The first kappa shape index (κ1) is 74.7. The third-order valence-corrected chi connectivity index (χ3v) is 14.5. The number of carbonyl (C=O) groups excluding carboxylic acids is 5. The van der Waals surface area contributed by atoms with Crippen molar-refractivity contribution in [3.63, 3.8) is 0 Å². The summed E-state index contributed by atoms with van der Waals surface area (Å²) in [7, 11) is 0. The number of benzene rings is 2. The van der Waals surface area contributed by atoms with Gasteiger partial charge in [-0.05, 0) is 68.7 Å². The van der Waals surface area contributed by atoms with Crippen molar-refractivity contribution in [1.29, 1.82) is 0 Å². The molecule has 0 aromatic heterocycles. The number of amides is 6. The van der Waals surface area contributed by atoms with Gasteiger partial charge in [-0.15, -0.1) is 0 Å². The fourth-order valence-electron chi connectivity index (χ4n) is 9.60. The van der Waals surface area contributed by atoms with Crippen LogP contribution in [0.25, 0.3) is 0 Å². The molecule has 1 saturated heterocycles. The maximum Gasteiger partial charge on any atom is 0.336 e. The van der Waals surface area contributed by atoms with Crippen LogP contribution in [-0.2, 0) is 74.3 Å². The third-order valence-electron chi connectivity index (χ3n) is 14.5. The molecule has 6 atom stereocenters. The van der Waals surface area contributed by atoms with E-state index in [0.29, 0.717) is 10.6 Å². The quantitative estimate of drug-likeness (QED) is 0.0266. The molecular formula is C56H78N10O24. The van der Waals surface area contributed by atoms with Gasteiger partial charge in [-0.1, -0.05) is 42.5 Å². The van der Waals surface area contributed by atoms with Crippen LogP contribution in [0.4, 0.5) is 4.79 Å². The summed E-state index contributed by atoms with van der Waals surface area (Å²) in [4.78, 5) is 179. The first-order valence-corrected chi connectivity index (χ1v) is 28.4. The largest absolute Gasteiger partial charge is 0.484 e. The minimum Gasteiger partial charge on any atom is -0.484 e. The Labute approximate surface area is 515 Å². The lowest BCUT2D eigenvalue weighted by Crippen LogP contribution is -2.60. The summed E-state index contributed by atoms with van der Waals surface area (Å²) in [6, 6.07) is 5.35. The van der Waals surface area contributed by atoms with E-state index in [1.165, 1.54) is 43.9 Å².